The number of hydrogen-bond acceptors (Lipinski definition) is 3. The van der Waals surface area contributed by atoms with Crippen LogP contribution in [0.2, 0.25) is 15.1 Å². The first-order valence-electron chi connectivity index (χ1n) is 4.64. The Kier molecular flexibility index (Phi) is 5.33. The van der Waals surface area contributed by atoms with E-state index in [9.17, 15) is 4.79 Å². The molecule has 4 nitrogen and oxygen atoms in total. The second kappa shape index (κ2) is 6.31. The third-order valence-electron chi connectivity index (χ3n) is 1.68. The lowest BCUT2D eigenvalue weighted by Gasteiger charge is -2.13. The van der Waals surface area contributed by atoms with Crippen molar-refractivity contribution in [2.75, 3.05) is 20.7 Å². The average Bonchev–Trinajstić information content (AvgIpc) is 2.20. The third kappa shape index (κ3) is 4.60. The summed E-state index contributed by atoms with van der Waals surface area (Å²) < 4.78 is 5.22. The Bertz CT molecular complexity index is 424. The number of carbonyl (C=O) groups excluding carboxylic acids is 1. The van der Waals surface area contributed by atoms with Crippen molar-refractivity contribution in [1.29, 1.82) is 0 Å². The molecular formula is C10H11Cl3N2O2. The number of halogens is 3. The molecule has 1 aromatic rings. The molecule has 0 fully saturated rings. The summed E-state index contributed by atoms with van der Waals surface area (Å²) in [5.41, 5.74) is 2.53. The van der Waals surface area contributed by atoms with Gasteiger partial charge in [0.25, 0.3) is 5.91 Å². The first-order chi connectivity index (χ1) is 7.90. The van der Waals surface area contributed by atoms with E-state index >= 15 is 0 Å². The van der Waals surface area contributed by atoms with Gasteiger partial charge in [0.2, 0.25) is 0 Å². The van der Waals surface area contributed by atoms with Crippen molar-refractivity contribution < 1.29 is 9.53 Å². The molecule has 0 atom stereocenters. The van der Waals surface area contributed by atoms with Gasteiger partial charge in [0.15, 0.2) is 6.61 Å². The second-order valence-corrected chi connectivity index (χ2v) is 4.64. The fourth-order valence-corrected chi connectivity index (χ4v) is 1.63. The fraction of sp³-hybridized carbons (Fsp3) is 0.300. The number of ether oxygens (including phenoxy) is 1. The standard InChI is InChI=1S/C10H11Cl3N2O2/c1-15(2)14-10(16)5-17-9-4-7(12)6(11)3-8(9)13/h3-4H,5H2,1-2H3,(H,14,16). The normalized spacial score (nSPS) is 10.5. The molecule has 0 aliphatic carbocycles. The minimum absolute atomic E-state index is 0.157. The highest BCUT2D eigenvalue weighted by Crippen LogP contribution is 2.33. The first-order valence-corrected chi connectivity index (χ1v) is 5.77. The molecule has 0 bridgehead atoms. The highest BCUT2D eigenvalue weighted by Gasteiger charge is 2.09. The van der Waals surface area contributed by atoms with Crippen LogP contribution in [-0.4, -0.2) is 31.6 Å². The summed E-state index contributed by atoms with van der Waals surface area (Å²) in [5, 5.41) is 2.47. The number of hydrazine groups is 1. The van der Waals surface area contributed by atoms with Crippen molar-refractivity contribution in [2.45, 2.75) is 0 Å². The smallest absolute Gasteiger partial charge is 0.272 e. The Morgan fingerprint density at radius 1 is 1.24 bits per heavy atom. The van der Waals surface area contributed by atoms with Gasteiger partial charge < -0.3 is 4.74 Å². The van der Waals surface area contributed by atoms with Crippen molar-refractivity contribution in [1.82, 2.24) is 10.4 Å². The highest BCUT2D eigenvalue weighted by molar-refractivity contribution is 6.43. The molecule has 1 aromatic carbocycles. The van der Waals surface area contributed by atoms with Crippen LogP contribution in [0.15, 0.2) is 12.1 Å². The van der Waals surface area contributed by atoms with Crippen LogP contribution in [-0.2, 0) is 4.79 Å². The van der Waals surface area contributed by atoms with Gasteiger partial charge in [0.1, 0.15) is 5.75 Å². The second-order valence-electron chi connectivity index (χ2n) is 3.41. The predicted octanol–water partition coefficient (Wildman–Crippen LogP) is 2.62. The number of carbonyl (C=O) groups is 1. The van der Waals surface area contributed by atoms with E-state index in [0.717, 1.165) is 0 Å². The molecule has 0 saturated carbocycles. The molecule has 17 heavy (non-hydrogen) atoms. The summed E-state index contributed by atoms with van der Waals surface area (Å²) in [7, 11) is 3.40. The van der Waals surface area contributed by atoms with Crippen LogP contribution in [0.25, 0.3) is 0 Å². The van der Waals surface area contributed by atoms with Gasteiger partial charge in [-0.3, -0.25) is 10.2 Å². The van der Waals surface area contributed by atoms with Crippen LogP contribution in [0.4, 0.5) is 0 Å². The minimum Gasteiger partial charge on any atom is -0.482 e. The quantitative estimate of drug-likeness (QED) is 0.686. The maximum Gasteiger partial charge on any atom is 0.272 e. The minimum atomic E-state index is -0.294. The Morgan fingerprint density at radius 3 is 2.41 bits per heavy atom. The molecule has 0 aliphatic rings. The molecule has 0 aromatic heterocycles. The third-order valence-corrected chi connectivity index (χ3v) is 2.70. The Morgan fingerprint density at radius 2 is 1.82 bits per heavy atom. The lowest BCUT2D eigenvalue weighted by Crippen LogP contribution is -2.39. The maximum absolute atomic E-state index is 11.3. The fourth-order valence-electron chi connectivity index (χ4n) is 1.04. The molecule has 94 valence electrons. The first kappa shape index (κ1) is 14.4. The zero-order chi connectivity index (χ0) is 13.0. The summed E-state index contributed by atoms with van der Waals surface area (Å²) in [6, 6.07) is 2.93. The predicted molar refractivity (Wildman–Crippen MR) is 68.8 cm³/mol. The van der Waals surface area contributed by atoms with E-state index in [1.807, 2.05) is 0 Å². The molecule has 0 aliphatic heterocycles. The van der Waals surface area contributed by atoms with Gasteiger partial charge in [-0.05, 0) is 6.07 Å². The topological polar surface area (TPSA) is 41.6 Å². The van der Waals surface area contributed by atoms with Gasteiger partial charge >= 0.3 is 0 Å². The van der Waals surface area contributed by atoms with Crippen molar-refractivity contribution in [3.05, 3.63) is 27.2 Å². The van der Waals surface area contributed by atoms with Crippen molar-refractivity contribution in [3.63, 3.8) is 0 Å². The van der Waals surface area contributed by atoms with Crippen LogP contribution in [0.3, 0.4) is 0 Å². The lowest BCUT2D eigenvalue weighted by molar-refractivity contribution is -0.126. The summed E-state index contributed by atoms with van der Waals surface area (Å²) in [5.74, 6) is 0.0205. The van der Waals surface area contributed by atoms with Crippen molar-refractivity contribution >= 4 is 40.7 Å². The molecule has 0 spiro atoms. The maximum atomic E-state index is 11.3. The van der Waals surface area contributed by atoms with Crippen LogP contribution < -0.4 is 10.2 Å². The van der Waals surface area contributed by atoms with E-state index in [-0.39, 0.29) is 12.5 Å². The van der Waals surface area contributed by atoms with Crippen molar-refractivity contribution in [2.24, 2.45) is 0 Å². The molecule has 1 N–H and O–H groups in total. The molecule has 1 rings (SSSR count). The van der Waals surface area contributed by atoms with Crippen molar-refractivity contribution in [3.8, 4) is 5.75 Å². The molecule has 0 heterocycles. The van der Waals surface area contributed by atoms with E-state index in [0.29, 0.717) is 20.8 Å². The largest absolute Gasteiger partial charge is 0.482 e. The molecule has 0 radical (unpaired) electrons. The van der Waals surface area contributed by atoms with E-state index < -0.39 is 0 Å². The van der Waals surface area contributed by atoms with Crippen LogP contribution in [0.1, 0.15) is 0 Å². The molecule has 0 saturated heterocycles. The zero-order valence-corrected chi connectivity index (χ0v) is 11.5. The molecule has 0 unspecified atom stereocenters. The Balaban J connectivity index is 2.63. The molecule has 7 heteroatoms. The van der Waals surface area contributed by atoms with Crippen LogP contribution in [0, 0.1) is 0 Å². The van der Waals surface area contributed by atoms with Gasteiger partial charge in [0.05, 0.1) is 15.1 Å². The monoisotopic (exact) mass is 296 g/mol. The average molecular weight is 298 g/mol. The summed E-state index contributed by atoms with van der Waals surface area (Å²) in [4.78, 5) is 11.3. The highest BCUT2D eigenvalue weighted by atomic mass is 35.5. The van der Waals surface area contributed by atoms with Gasteiger partial charge in [-0.1, -0.05) is 34.8 Å². The number of rotatable bonds is 4. The molecule has 1 amide bonds. The van der Waals surface area contributed by atoms with E-state index in [2.05, 4.69) is 5.43 Å². The van der Waals surface area contributed by atoms with Crippen LogP contribution in [0.5, 0.6) is 5.75 Å². The van der Waals surface area contributed by atoms with Gasteiger partial charge in [-0.2, -0.15) is 0 Å². The molecular weight excluding hydrogens is 286 g/mol. The number of amides is 1. The number of nitrogens with one attached hydrogen (secondary N) is 1. The zero-order valence-electron chi connectivity index (χ0n) is 9.26. The summed E-state index contributed by atoms with van der Waals surface area (Å²) in [6.45, 7) is -0.157. The SMILES string of the molecule is CN(C)NC(=O)COc1cc(Cl)c(Cl)cc1Cl. The summed E-state index contributed by atoms with van der Waals surface area (Å²) in [6.07, 6.45) is 0. The van der Waals surface area contributed by atoms with Gasteiger partial charge in [-0.15, -0.1) is 0 Å². The number of nitrogens with zero attached hydrogens (tertiary/aromatic N) is 1. The van der Waals surface area contributed by atoms with E-state index in [1.54, 1.807) is 14.1 Å². The number of hydrogen-bond donors (Lipinski definition) is 1. The van der Waals surface area contributed by atoms with Gasteiger partial charge in [-0.25, -0.2) is 5.01 Å². The van der Waals surface area contributed by atoms with E-state index in [1.165, 1.54) is 17.1 Å². The Hall–Kier alpha value is -0.680. The van der Waals surface area contributed by atoms with E-state index in [4.69, 9.17) is 39.5 Å². The lowest BCUT2D eigenvalue weighted by atomic mass is 10.3. The van der Waals surface area contributed by atoms with Crippen LogP contribution >= 0.6 is 34.8 Å². The number of benzene rings is 1. The summed E-state index contributed by atoms with van der Waals surface area (Å²) >= 11 is 17.4. The Labute approximate surface area is 114 Å². The van der Waals surface area contributed by atoms with Gasteiger partial charge in [0, 0.05) is 20.2 Å².